The summed E-state index contributed by atoms with van der Waals surface area (Å²) in [4.78, 5) is 40.2. The van der Waals surface area contributed by atoms with Gasteiger partial charge in [-0.25, -0.2) is 36.9 Å². The van der Waals surface area contributed by atoms with Crippen LogP contribution in [0.3, 0.4) is 0 Å². The van der Waals surface area contributed by atoms with Gasteiger partial charge in [-0.2, -0.15) is 8.75 Å². The first-order valence-electron chi connectivity index (χ1n) is 10.8. The van der Waals surface area contributed by atoms with Crippen molar-refractivity contribution in [1.29, 1.82) is 0 Å². The Hall–Kier alpha value is -4.29. The molecule has 0 spiro atoms. The predicted octanol–water partition coefficient (Wildman–Crippen LogP) is 2.19. The smallest absolute Gasteiger partial charge is 0.322 e. The van der Waals surface area contributed by atoms with E-state index in [1.807, 2.05) is 0 Å². The number of hydrogen-bond acceptors (Lipinski definition) is 7. The third kappa shape index (κ3) is 4.16. The molecule has 5 rings (SSSR count). The van der Waals surface area contributed by atoms with Gasteiger partial charge < -0.3 is 5.73 Å². The Kier molecular flexibility index (Phi) is 6.12. The highest BCUT2D eigenvalue weighted by Gasteiger charge is 2.21. The van der Waals surface area contributed by atoms with Gasteiger partial charge in [0.05, 0.1) is 30.5 Å². The average Bonchev–Trinajstić information content (AvgIpc) is 3.34. The molecule has 0 amide bonds. The summed E-state index contributed by atoms with van der Waals surface area (Å²) in [7, 11) is 0. The van der Waals surface area contributed by atoms with Gasteiger partial charge in [-0.3, -0.25) is 0 Å². The third-order valence-corrected chi connectivity index (χ3v) is 6.34. The first kappa shape index (κ1) is 23.5. The van der Waals surface area contributed by atoms with Gasteiger partial charge in [-0.1, -0.05) is 36.4 Å². The molecule has 0 saturated heterocycles. The van der Waals surface area contributed by atoms with E-state index in [2.05, 4.69) is 8.75 Å². The molecule has 1 atom stereocenters. The summed E-state index contributed by atoms with van der Waals surface area (Å²) in [5.74, 6) is -1.86. The number of fused-ring (bicyclic) bond motifs is 1. The van der Waals surface area contributed by atoms with Crippen molar-refractivity contribution >= 4 is 22.8 Å². The van der Waals surface area contributed by atoms with Gasteiger partial charge in [0.25, 0.3) is 0 Å². The van der Waals surface area contributed by atoms with Gasteiger partial charge in [0.1, 0.15) is 22.7 Å². The topological polar surface area (TPSA) is 118 Å². The Labute approximate surface area is 205 Å². The van der Waals surface area contributed by atoms with E-state index >= 15 is 0 Å². The summed E-state index contributed by atoms with van der Waals surface area (Å²) in [5, 5.41) is 0. The van der Waals surface area contributed by atoms with E-state index in [0.717, 1.165) is 33.0 Å². The largest absolute Gasteiger partial charge is 0.341 e. The third-order valence-electron chi connectivity index (χ3n) is 5.79. The molecule has 0 unspecified atom stereocenters. The van der Waals surface area contributed by atoms with E-state index in [1.165, 1.54) is 18.2 Å². The number of halogens is 2. The van der Waals surface area contributed by atoms with Crippen LogP contribution >= 0.6 is 11.7 Å². The molecule has 12 heteroatoms. The Bertz CT molecular complexity index is 1740. The van der Waals surface area contributed by atoms with Crippen molar-refractivity contribution in [3.63, 3.8) is 0 Å². The normalized spacial score (nSPS) is 12.2. The van der Waals surface area contributed by atoms with E-state index in [9.17, 15) is 23.2 Å². The van der Waals surface area contributed by atoms with E-state index in [-0.39, 0.29) is 12.2 Å². The van der Waals surface area contributed by atoms with E-state index in [1.54, 1.807) is 36.4 Å². The zero-order valence-electron chi connectivity index (χ0n) is 18.5. The lowest BCUT2D eigenvalue weighted by atomic mass is 10.1. The Morgan fingerprint density at radius 2 is 1.47 bits per heavy atom. The maximum Gasteiger partial charge on any atom is 0.341 e. The maximum atomic E-state index is 14.4. The molecule has 36 heavy (non-hydrogen) atoms. The summed E-state index contributed by atoms with van der Waals surface area (Å²) >= 11 is 0.959. The molecular weight excluding hydrogens is 490 g/mol. The van der Waals surface area contributed by atoms with E-state index in [0.29, 0.717) is 21.2 Å². The van der Waals surface area contributed by atoms with Crippen molar-refractivity contribution in [2.24, 2.45) is 5.73 Å². The summed E-state index contributed by atoms with van der Waals surface area (Å²) in [6.07, 6.45) is 0. The standard InChI is InChI=1S/C24H18F2N6O3S/c25-17-7-4-8-18(26)16(17)12-30-22(33)31(13-19(27)14-5-2-1-3-6-14)24(35)32(23(30)34)15-9-10-20-21(11-15)29-36-28-20/h1-11,19H,12-13,27H2/t19-/m0/s1. The van der Waals surface area contributed by atoms with Crippen molar-refractivity contribution in [3.8, 4) is 5.69 Å². The number of benzene rings is 3. The molecule has 2 aromatic heterocycles. The monoisotopic (exact) mass is 508 g/mol. The first-order chi connectivity index (χ1) is 17.3. The molecule has 0 aliphatic carbocycles. The van der Waals surface area contributed by atoms with Gasteiger partial charge in [0, 0.05) is 11.6 Å². The molecule has 9 nitrogen and oxygen atoms in total. The van der Waals surface area contributed by atoms with Gasteiger partial charge >= 0.3 is 17.1 Å². The minimum Gasteiger partial charge on any atom is -0.322 e. The second kappa shape index (κ2) is 9.40. The molecule has 0 radical (unpaired) electrons. The fraction of sp³-hybridized carbons (Fsp3) is 0.125. The fourth-order valence-electron chi connectivity index (χ4n) is 3.90. The lowest BCUT2D eigenvalue weighted by Gasteiger charge is -2.17. The second-order valence-corrected chi connectivity index (χ2v) is 8.56. The zero-order chi connectivity index (χ0) is 25.4. The molecule has 5 aromatic rings. The van der Waals surface area contributed by atoms with Crippen LogP contribution in [0, 0.1) is 11.6 Å². The number of nitrogens with two attached hydrogens (primary N) is 1. The molecule has 0 aliphatic rings. The first-order valence-corrected chi connectivity index (χ1v) is 11.5. The summed E-state index contributed by atoms with van der Waals surface area (Å²) < 4.78 is 39.2. The fourth-order valence-corrected chi connectivity index (χ4v) is 4.42. The minimum absolute atomic E-state index is 0.120. The molecule has 2 heterocycles. The summed E-state index contributed by atoms with van der Waals surface area (Å²) in [5.41, 5.74) is 4.53. The second-order valence-electron chi connectivity index (χ2n) is 8.03. The maximum absolute atomic E-state index is 14.4. The molecule has 3 aromatic carbocycles. The lowest BCUT2D eigenvalue weighted by Crippen LogP contribution is -2.55. The van der Waals surface area contributed by atoms with Crippen molar-refractivity contribution < 1.29 is 8.78 Å². The molecule has 0 aliphatic heterocycles. The highest BCUT2D eigenvalue weighted by molar-refractivity contribution is 7.00. The number of aromatic nitrogens is 5. The summed E-state index contributed by atoms with van der Waals surface area (Å²) in [6, 6.07) is 15.8. The number of hydrogen-bond donors (Lipinski definition) is 1. The highest BCUT2D eigenvalue weighted by Crippen LogP contribution is 2.16. The molecule has 2 N–H and O–H groups in total. The van der Waals surface area contributed by atoms with Crippen LogP contribution in [-0.4, -0.2) is 22.4 Å². The van der Waals surface area contributed by atoms with Crippen molar-refractivity contribution in [1.82, 2.24) is 22.4 Å². The van der Waals surface area contributed by atoms with E-state index < -0.39 is 46.9 Å². The van der Waals surface area contributed by atoms with Gasteiger partial charge in [0.15, 0.2) is 0 Å². The van der Waals surface area contributed by atoms with Crippen LogP contribution in [-0.2, 0) is 13.1 Å². The van der Waals surface area contributed by atoms with Crippen LogP contribution in [0.25, 0.3) is 16.7 Å². The van der Waals surface area contributed by atoms with Gasteiger partial charge in [-0.15, -0.1) is 0 Å². The lowest BCUT2D eigenvalue weighted by molar-refractivity contribution is 0.458. The molecular formula is C24H18F2N6O3S. The molecule has 182 valence electrons. The number of rotatable bonds is 6. The van der Waals surface area contributed by atoms with Crippen molar-refractivity contribution in [3.05, 3.63) is 121 Å². The molecule has 0 fully saturated rings. The van der Waals surface area contributed by atoms with Crippen molar-refractivity contribution in [2.45, 2.75) is 19.1 Å². The Balaban J connectivity index is 1.73. The quantitative estimate of drug-likeness (QED) is 0.376. The van der Waals surface area contributed by atoms with Crippen LogP contribution < -0.4 is 22.8 Å². The SMILES string of the molecule is N[C@@H](Cn1c(=O)n(Cc2c(F)cccc2F)c(=O)n(-c2ccc3nsnc3c2)c1=O)c1ccccc1. The van der Waals surface area contributed by atoms with Crippen LogP contribution in [0.5, 0.6) is 0 Å². The Morgan fingerprint density at radius 1 is 0.806 bits per heavy atom. The van der Waals surface area contributed by atoms with E-state index in [4.69, 9.17) is 5.73 Å². The average molecular weight is 509 g/mol. The minimum atomic E-state index is -1.06. The van der Waals surface area contributed by atoms with Gasteiger partial charge in [-0.05, 0) is 35.9 Å². The van der Waals surface area contributed by atoms with Crippen LogP contribution in [0.15, 0.2) is 81.1 Å². The molecule has 0 saturated carbocycles. The van der Waals surface area contributed by atoms with Crippen molar-refractivity contribution in [2.75, 3.05) is 0 Å². The van der Waals surface area contributed by atoms with Gasteiger partial charge in [0.2, 0.25) is 0 Å². The zero-order valence-corrected chi connectivity index (χ0v) is 19.4. The van der Waals surface area contributed by atoms with Crippen LogP contribution in [0.2, 0.25) is 0 Å². The molecule has 0 bridgehead atoms. The Morgan fingerprint density at radius 3 is 2.19 bits per heavy atom. The predicted molar refractivity (Wildman–Crippen MR) is 130 cm³/mol. The number of nitrogens with zero attached hydrogens (tertiary/aromatic N) is 5. The van der Waals surface area contributed by atoms with Crippen LogP contribution in [0.1, 0.15) is 17.2 Å². The van der Waals surface area contributed by atoms with Crippen LogP contribution in [0.4, 0.5) is 8.78 Å². The highest BCUT2D eigenvalue weighted by atomic mass is 32.1. The summed E-state index contributed by atoms with van der Waals surface area (Å²) in [6.45, 7) is -1.00.